The van der Waals surface area contributed by atoms with E-state index in [-0.39, 0.29) is 11.6 Å². The summed E-state index contributed by atoms with van der Waals surface area (Å²) in [4.78, 5) is 38.7. The standard InChI is InChI=1S/C23H20ClIN2O4/c24-16-8-5-14(6-9-16)13-31-20-10-7-15(12-19(20)25)11-18-21(28)26-23(30)27(22(18)29)17-3-1-2-4-17/h5-12,17H,1-4,13H2,(H,26,28,30)/b18-11+. The van der Waals surface area contributed by atoms with Crippen LogP contribution in [-0.4, -0.2) is 28.8 Å². The van der Waals surface area contributed by atoms with Crippen LogP contribution >= 0.6 is 34.2 Å². The Morgan fingerprint density at radius 2 is 1.81 bits per heavy atom. The first-order valence-electron chi connectivity index (χ1n) is 10.00. The molecule has 2 aliphatic rings. The lowest BCUT2D eigenvalue weighted by molar-refractivity contribution is -0.131. The van der Waals surface area contributed by atoms with Crippen LogP contribution < -0.4 is 10.1 Å². The van der Waals surface area contributed by atoms with Gasteiger partial charge in [0.25, 0.3) is 11.8 Å². The van der Waals surface area contributed by atoms with E-state index in [4.69, 9.17) is 16.3 Å². The van der Waals surface area contributed by atoms with Crippen molar-refractivity contribution in [1.29, 1.82) is 0 Å². The number of nitrogens with one attached hydrogen (secondary N) is 1. The molecule has 0 bridgehead atoms. The molecular weight excluding hydrogens is 531 g/mol. The predicted octanol–water partition coefficient (Wildman–Crippen LogP) is 4.93. The molecule has 8 heteroatoms. The maximum Gasteiger partial charge on any atom is 0.331 e. The summed E-state index contributed by atoms with van der Waals surface area (Å²) >= 11 is 8.06. The van der Waals surface area contributed by atoms with Crippen LogP contribution in [0, 0.1) is 3.57 Å². The van der Waals surface area contributed by atoms with Gasteiger partial charge in [0.15, 0.2) is 0 Å². The molecule has 0 atom stereocenters. The highest BCUT2D eigenvalue weighted by Crippen LogP contribution is 2.28. The highest BCUT2D eigenvalue weighted by Gasteiger charge is 2.40. The molecule has 2 fully saturated rings. The van der Waals surface area contributed by atoms with E-state index in [0.29, 0.717) is 22.9 Å². The molecule has 31 heavy (non-hydrogen) atoms. The Bertz CT molecular complexity index is 1060. The second-order valence-electron chi connectivity index (χ2n) is 7.54. The van der Waals surface area contributed by atoms with Gasteiger partial charge in [-0.2, -0.15) is 0 Å². The number of imide groups is 2. The van der Waals surface area contributed by atoms with Crippen molar-refractivity contribution < 1.29 is 19.1 Å². The summed E-state index contributed by atoms with van der Waals surface area (Å²) in [5.41, 5.74) is 1.65. The van der Waals surface area contributed by atoms with Crippen molar-refractivity contribution in [3.05, 3.63) is 67.8 Å². The average molecular weight is 551 g/mol. The summed E-state index contributed by atoms with van der Waals surface area (Å²) in [6.45, 7) is 0.396. The summed E-state index contributed by atoms with van der Waals surface area (Å²) in [5.74, 6) is -0.499. The number of ether oxygens (including phenoxy) is 1. The molecule has 0 aromatic heterocycles. The van der Waals surface area contributed by atoms with E-state index in [1.54, 1.807) is 12.1 Å². The third kappa shape index (κ3) is 4.93. The van der Waals surface area contributed by atoms with Crippen LogP contribution in [0.5, 0.6) is 5.75 Å². The number of barbiturate groups is 1. The molecule has 4 rings (SSSR count). The Kier molecular flexibility index (Phi) is 6.62. The zero-order valence-corrected chi connectivity index (χ0v) is 19.5. The van der Waals surface area contributed by atoms with Gasteiger partial charge in [0.05, 0.1) is 3.57 Å². The van der Waals surface area contributed by atoms with E-state index in [1.165, 1.54) is 11.0 Å². The van der Waals surface area contributed by atoms with Crippen molar-refractivity contribution in [3.63, 3.8) is 0 Å². The molecule has 1 aliphatic carbocycles. The maximum atomic E-state index is 12.9. The maximum absolute atomic E-state index is 12.9. The highest BCUT2D eigenvalue weighted by molar-refractivity contribution is 14.1. The number of rotatable bonds is 5. The third-order valence-corrected chi connectivity index (χ3v) is 6.49. The molecule has 0 spiro atoms. The summed E-state index contributed by atoms with van der Waals surface area (Å²) in [6.07, 6.45) is 5.03. The van der Waals surface area contributed by atoms with Crippen LogP contribution in [0.1, 0.15) is 36.8 Å². The van der Waals surface area contributed by atoms with Crippen molar-refractivity contribution in [2.75, 3.05) is 0 Å². The van der Waals surface area contributed by atoms with Gasteiger partial charge in [0, 0.05) is 11.1 Å². The van der Waals surface area contributed by atoms with Gasteiger partial charge in [-0.3, -0.25) is 19.8 Å². The Labute approximate surface area is 198 Å². The smallest absolute Gasteiger partial charge is 0.331 e. The van der Waals surface area contributed by atoms with Crippen LogP contribution in [0.15, 0.2) is 48.0 Å². The highest BCUT2D eigenvalue weighted by atomic mass is 127. The number of benzene rings is 2. The molecular formula is C23H20ClIN2O4. The topological polar surface area (TPSA) is 75.7 Å². The molecule has 2 aromatic rings. The van der Waals surface area contributed by atoms with Gasteiger partial charge in [-0.1, -0.05) is 42.6 Å². The van der Waals surface area contributed by atoms with Crippen molar-refractivity contribution >= 4 is 58.1 Å². The minimum atomic E-state index is -0.665. The fraction of sp³-hybridized carbons (Fsp3) is 0.261. The molecule has 4 amide bonds. The largest absolute Gasteiger partial charge is 0.488 e. The summed E-state index contributed by atoms with van der Waals surface area (Å²) in [7, 11) is 0. The van der Waals surface area contributed by atoms with Crippen molar-refractivity contribution in [3.8, 4) is 5.75 Å². The molecule has 0 radical (unpaired) electrons. The van der Waals surface area contributed by atoms with Gasteiger partial charge in [-0.05, 0) is 76.9 Å². The number of urea groups is 1. The lowest BCUT2D eigenvalue weighted by atomic mass is 10.1. The Balaban J connectivity index is 1.51. The molecule has 1 saturated carbocycles. The zero-order chi connectivity index (χ0) is 22.0. The molecule has 2 aromatic carbocycles. The van der Waals surface area contributed by atoms with Crippen LogP contribution in [0.2, 0.25) is 5.02 Å². The number of hydrogen-bond donors (Lipinski definition) is 1. The minimum Gasteiger partial charge on any atom is -0.488 e. The van der Waals surface area contributed by atoms with Crippen molar-refractivity contribution in [1.82, 2.24) is 10.2 Å². The van der Waals surface area contributed by atoms with E-state index >= 15 is 0 Å². The second-order valence-corrected chi connectivity index (χ2v) is 9.13. The normalized spacial score (nSPS) is 18.6. The quantitative estimate of drug-likeness (QED) is 0.326. The summed E-state index contributed by atoms with van der Waals surface area (Å²) < 4.78 is 6.72. The number of carbonyl (C=O) groups excluding carboxylic acids is 3. The number of nitrogens with zero attached hydrogens (tertiary/aromatic N) is 1. The average Bonchev–Trinajstić information content (AvgIpc) is 3.26. The first kappa shape index (κ1) is 21.8. The molecule has 0 unspecified atom stereocenters. The SMILES string of the molecule is O=C1NC(=O)N(C2CCCC2)C(=O)/C1=C/c1ccc(OCc2ccc(Cl)cc2)c(I)c1. The van der Waals surface area contributed by atoms with Gasteiger partial charge in [-0.25, -0.2) is 4.79 Å². The lowest BCUT2D eigenvalue weighted by Gasteiger charge is -2.31. The van der Waals surface area contributed by atoms with E-state index in [9.17, 15) is 14.4 Å². The zero-order valence-electron chi connectivity index (χ0n) is 16.6. The van der Waals surface area contributed by atoms with E-state index in [2.05, 4.69) is 27.9 Å². The summed E-state index contributed by atoms with van der Waals surface area (Å²) in [5, 5.41) is 2.97. The van der Waals surface area contributed by atoms with E-state index in [1.807, 2.05) is 30.3 Å². The van der Waals surface area contributed by atoms with Gasteiger partial charge < -0.3 is 4.74 Å². The molecule has 1 N–H and O–H groups in total. The molecule has 1 saturated heterocycles. The Morgan fingerprint density at radius 1 is 1.10 bits per heavy atom. The van der Waals surface area contributed by atoms with Crippen molar-refractivity contribution in [2.24, 2.45) is 0 Å². The molecule has 1 aliphatic heterocycles. The van der Waals surface area contributed by atoms with Gasteiger partial charge in [-0.15, -0.1) is 0 Å². The van der Waals surface area contributed by atoms with Gasteiger partial charge in [0.1, 0.15) is 17.9 Å². The first-order valence-corrected chi connectivity index (χ1v) is 11.5. The molecule has 6 nitrogen and oxygen atoms in total. The number of amides is 4. The second kappa shape index (κ2) is 9.40. The Hall–Kier alpha value is -2.39. The van der Waals surface area contributed by atoms with Crippen molar-refractivity contribution in [2.45, 2.75) is 38.3 Å². The third-order valence-electron chi connectivity index (χ3n) is 5.40. The van der Waals surface area contributed by atoms with Gasteiger partial charge >= 0.3 is 6.03 Å². The molecule has 1 heterocycles. The van der Waals surface area contributed by atoms with E-state index < -0.39 is 17.8 Å². The molecule has 160 valence electrons. The first-order chi connectivity index (χ1) is 14.9. The Morgan fingerprint density at radius 3 is 2.48 bits per heavy atom. The van der Waals surface area contributed by atoms with Gasteiger partial charge in [0.2, 0.25) is 0 Å². The number of carbonyl (C=O) groups is 3. The van der Waals surface area contributed by atoms with Crippen LogP contribution in [0.3, 0.4) is 0 Å². The minimum absolute atomic E-state index is 0.0304. The fourth-order valence-corrected chi connectivity index (χ4v) is 4.62. The van der Waals surface area contributed by atoms with Crippen LogP contribution in [-0.2, 0) is 16.2 Å². The lowest BCUT2D eigenvalue weighted by Crippen LogP contribution is -2.57. The van der Waals surface area contributed by atoms with E-state index in [0.717, 1.165) is 34.8 Å². The summed E-state index contributed by atoms with van der Waals surface area (Å²) in [6, 6.07) is 12.1. The number of halogens is 2. The fourth-order valence-electron chi connectivity index (χ4n) is 3.80. The predicted molar refractivity (Wildman–Crippen MR) is 126 cm³/mol. The van der Waals surface area contributed by atoms with Crippen LogP contribution in [0.4, 0.5) is 4.79 Å². The number of hydrogen-bond acceptors (Lipinski definition) is 4. The monoisotopic (exact) mass is 550 g/mol. The van der Waals surface area contributed by atoms with Crippen LogP contribution in [0.25, 0.3) is 6.08 Å².